The molecular formula is C19H23FN6O2S. The lowest BCUT2D eigenvalue weighted by molar-refractivity contribution is 0.126. The first-order valence-electron chi connectivity index (χ1n) is 9.51. The van der Waals surface area contributed by atoms with Gasteiger partial charge < -0.3 is 15.2 Å². The number of halogens is 1. The van der Waals surface area contributed by atoms with Gasteiger partial charge in [-0.1, -0.05) is 0 Å². The molecular weight excluding hydrogens is 395 g/mol. The quantitative estimate of drug-likeness (QED) is 0.503. The van der Waals surface area contributed by atoms with Crippen molar-refractivity contribution in [2.75, 3.05) is 25.1 Å². The molecule has 0 bridgehead atoms. The van der Waals surface area contributed by atoms with E-state index in [0.717, 1.165) is 28.9 Å². The minimum Gasteiger partial charge on any atom is -0.381 e. The number of hydrogen-bond donors (Lipinski definition) is 3. The summed E-state index contributed by atoms with van der Waals surface area (Å²) in [4.78, 5) is 17.3. The summed E-state index contributed by atoms with van der Waals surface area (Å²) in [5, 5.41) is 17.9. The summed E-state index contributed by atoms with van der Waals surface area (Å²) in [6.07, 6.45) is 2.78. The van der Waals surface area contributed by atoms with Crippen LogP contribution in [-0.4, -0.2) is 44.8 Å². The third kappa shape index (κ3) is 4.67. The molecule has 4 heterocycles. The Morgan fingerprint density at radius 1 is 1.34 bits per heavy atom. The number of rotatable bonds is 7. The Hall–Kier alpha value is -2.27. The molecule has 1 aliphatic rings. The summed E-state index contributed by atoms with van der Waals surface area (Å²) in [5.74, 6) is 0.293. The fraction of sp³-hybridized carbons (Fsp3) is 0.474. The average Bonchev–Trinajstić information content (AvgIpc) is 3.34. The zero-order valence-electron chi connectivity index (χ0n) is 16.2. The van der Waals surface area contributed by atoms with Gasteiger partial charge in [0.05, 0.1) is 28.6 Å². The Morgan fingerprint density at radius 2 is 2.21 bits per heavy atom. The van der Waals surface area contributed by atoms with Crippen molar-refractivity contribution in [3.63, 3.8) is 0 Å². The fourth-order valence-corrected chi connectivity index (χ4v) is 4.13. The number of ether oxygens (including phenoxy) is 1. The zero-order valence-corrected chi connectivity index (χ0v) is 17.0. The summed E-state index contributed by atoms with van der Waals surface area (Å²) < 4.78 is 19.6. The summed E-state index contributed by atoms with van der Waals surface area (Å²) in [7, 11) is 0. The van der Waals surface area contributed by atoms with Crippen LogP contribution in [0.15, 0.2) is 18.5 Å². The van der Waals surface area contributed by atoms with Gasteiger partial charge >= 0.3 is 0 Å². The molecule has 154 valence electrons. The number of nitrogens with zero attached hydrogens (tertiary/aromatic N) is 4. The molecule has 1 aliphatic heterocycles. The van der Waals surface area contributed by atoms with Gasteiger partial charge in [-0.05, 0) is 37.8 Å². The predicted molar refractivity (Wildman–Crippen MR) is 108 cm³/mol. The smallest absolute Gasteiger partial charge is 0.225 e. The highest BCUT2D eigenvalue weighted by atomic mass is 32.1. The number of aliphatic hydroxyl groups is 1. The van der Waals surface area contributed by atoms with Gasteiger partial charge in [0.25, 0.3) is 0 Å². The van der Waals surface area contributed by atoms with E-state index >= 15 is 0 Å². The van der Waals surface area contributed by atoms with Crippen molar-refractivity contribution in [1.82, 2.24) is 25.3 Å². The number of aryl methyl sites for hydroxylation is 1. The first kappa shape index (κ1) is 20.0. The van der Waals surface area contributed by atoms with Gasteiger partial charge in [0.15, 0.2) is 5.65 Å². The molecule has 0 amide bonds. The Labute approximate surface area is 171 Å². The standard InChI is InChI=1S/C19H23FN6O2S/c1-10(13-5-14(20)8-21-7-13)23-19-25-15(16-17(26-19)24-11(2)29-16)18(27)22-6-12-3-4-28-9-12/h5,7-8,10,12,18,22,27H,3-4,6,9H2,1-2H3,(H,23,25,26)/t10?,12-,18?/m0/s1. The molecule has 3 aromatic heterocycles. The summed E-state index contributed by atoms with van der Waals surface area (Å²) in [5.41, 5.74) is 1.67. The van der Waals surface area contributed by atoms with Crippen LogP contribution in [0.25, 0.3) is 10.3 Å². The minimum atomic E-state index is -0.951. The first-order valence-corrected chi connectivity index (χ1v) is 10.3. The molecule has 4 rings (SSSR count). The van der Waals surface area contributed by atoms with E-state index in [4.69, 9.17) is 4.74 Å². The number of nitrogens with one attached hydrogen (secondary N) is 2. The van der Waals surface area contributed by atoms with Crippen LogP contribution in [0, 0.1) is 18.7 Å². The number of hydrogen-bond acceptors (Lipinski definition) is 9. The lowest BCUT2D eigenvalue weighted by Gasteiger charge is -2.18. The predicted octanol–water partition coefficient (Wildman–Crippen LogP) is 2.72. The van der Waals surface area contributed by atoms with E-state index in [1.54, 1.807) is 6.20 Å². The van der Waals surface area contributed by atoms with Crippen LogP contribution in [-0.2, 0) is 4.74 Å². The molecule has 0 radical (unpaired) electrons. The Morgan fingerprint density at radius 3 is 2.97 bits per heavy atom. The normalized spacial score (nSPS) is 18.8. The van der Waals surface area contributed by atoms with E-state index in [0.29, 0.717) is 41.9 Å². The largest absolute Gasteiger partial charge is 0.381 e. The summed E-state index contributed by atoms with van der Waals surface area (Å²) in [6.45, 7) is 5.85. The minimum absolute atomic E-state index is 0.274. The molecule has 2 unspecified atom stereocenters. The maximum Gasteiger partial charge on any atom is 0.225 e. The van der Waals surface area contributed by atoms with Gasteiger partial charge in [0, 0.05) is 19.3 Å². The van der Waals surface area contributed by atoms with Gasteiger partial charge in [-0.3, -0.25) is 10.3 Å². The molecule has 0 aliphatic carbocycles. The molecule has 29 heavy (non-hydrogen) atoms. The van der Waals surface area contributed by atoms with Crippen molar-refractivity contribution in [1.29, 1.82) is 0 Å². The number of thiazole rings is 1. The monoisotopic (exact) mass is 418 g/mol. The van der Waals surface area contributed by atoms with Crippen LogP contribution in [0.2, 0.25) is 0 Å². The highest BCUT2D eigenvalue weighted by Crippen LogP contribution is 2.29. The fourth-order valence-electron chi connectivity index (χ4n) is 3.26. The van der Waals surface area contributed by atoms with E-state index in [1.165, 1.54) is 17.4 Å². The maximum absolute atomic E-state index is 13.5. The maximum atomic E-state index is 13.5. The van der Waals surface area contributed by atoms with E-state index in [9.17, 15) is 9.50 Å². The first-order chi connectivity index (χ1) is 14.0. The molecule has 0 saturated carbocycles. The SMILES string of the molecule is Cc1nc2nc(NC(C)c3cncc(F)c3)nc(C(O)NC[C@@H]3CCOC3)c2s1. The van der Waals surface area contributed by atoms with Crippen LogP contribution in [0.4, 0.5) is 10.3 Å². The second kappa shape index (κ2) is 8.62. The van der Waals surface area contributed by atoms with Crippen molar-refractivity contribution < 1.29 is 14.2 Å². The highest BCUT2D eigenvalue weighted by molar-refractivity contribution is 7.18. The van der Waals surface area contributed by atoms with Crippen LogP contribution < -0.4 is 10.6 Å². The molecule has 3 atom stereocenters. The van der Waals surface area contributed by atoms with Crippen LogP contribution in [0.3, 0.4) is 0 Å². The van der Waals surface area contributed by atoms with Crippen molar-refractivity contribution in [2.24, 2.45) is 5.92 Å². The second-order valence-corrected chi connectivity index (χ2v) is 8.36. The van der Waals surface area contributed by atoms with Crippen molar-refractivity contribution >= 4 is 27.6 Å². The van der Waals surface area contributed by atoms with Crippen molar-refractivity contribution in [2.45, 2.75) is 32.5 Å². The lowest BCUT2D eigenvalue weighted by atomic mass is 10.1. The third-order valence-electron chi connectivity index (χ3n) is 4.84. The molecule has 0 aromatic carbocycles. The van der Waals surface area contributed by atoms with E-state index < -0.39 is 12.0 Å². The van der Waals surface area contributed by atoms with Crippen LogP contribution in [0.5, 0.6) is 0 Å². The Bertz CT molecular complexity index is 994. The van der Waals surface area contributed by atoms with Crippen LogP contribution in [0.1, 0.15) is 41.9 Å². The van der Waals surface area contributed by atoms with Crippen molar-refractivity contribution in [3.8, 4) is 0 Å². The topological polar surface area (TPSA) is 105 Å². The van der Waals surface area contributed by atoms with Gasteiger partial charge in [0.2, 0.25) is 5.95 Å². The number of anilines is 1. The highest BCUT2D eigenvalue weighted by Gasteiger charge is 2.22. The van der Waals surface area contributed by atoms with Gasteiger partial charge in [-0.2, -0.15) is 4.98 Å². The molecule has 1 saturated heterocycles. The van der Waals surface area contributed by atoms with E-state index in [-0.39, 0.29) is 6.04 Å². The van der Waals surface area contributed by atoms with Crippen molar-refractivity contribution in [3.05, 3.63) is 40.5 Å². The van der Waals surface area contributed by atoms with Crippen LogP contribution >= 0.6 is 11.3 Å². The molecule has 3 aromatic rings. The van der Waals surface area contributed by atoms with Gasteiger partial charge in [-0.15, -0.1) is 11.3 Å². The molecule has 0 spiro atoms. The Balaban J connectivity index is 1.57. The zero-order chi connectivity index (χ0) is 20.4. The number of pyridine rings is 1. The Kier molecular flexibility index (Phi) is 5.95. The number of fused-ring (bicyclic) bond motifs is 1. The molecule has 8 nitrogen and oxygen atoms in total. The lowest BCUT2D eigenvalue weighted by Crippen LogP contribution is -2.28. The average molecular weight is 418 g/mol. The van der Waals surface area contributed by atoms with Gasteiger partial charge in [-0.25, -0.2) is 14.4 Å². The number of aromatic nitrogens is 4. The third-order valence-corrected chi connectivity index (χ3v) is 5.82. The second-order valence-electron chi connectivity index (χ2n) is 7.16. The summed E-state index contributed by atoms with van der Waals surface area (Å²) in [6, 6.07) is 1.14. The molecule has 1 fully saturated rings. The molecule has 10 heteroatoms. The number of aliphatic hydroxyl groups excluding tert-OH is 1. The molecule has 3 N–H and O–H groups in total. The van der Waals surface area contributed by atoms with E-state index in [1.807, 2.05) is 13.8 Å². The van der Waals surface area contributed by atoms with E-state index in [2.05, 4.69) is 30.6 Å². The van der Waals surface area contributed by atoms with Gasteiger partial charge in [0.1, 0.15) is 17.7 Å². The summed E-state index contributed by atoms with van der Waals surface area (Å²) >= 11 is 1.44.